The largest absolute Gasteiger partial charge is 0.471 e. The first kappa shape index (κ1) is 27.5. The zero-order valence-electron chi connectivity index (χ0n) is 22.1. The first-order valence-electron chi connectivity index (χ1n) is 13.1. The van der Waals surface area contributed by atoms with E-state index in [9.17, 15) is 17.6 Å². The van der Waals surface area contributed by atoms with Gasteiger partial charge in [0.2, 0.25) is 5.82 Å². The molecule has 6 rings (SSSR count). The highest BCUT2D eigenvalue weighted by Crippen LogP contribution is 2.50. The summed E-state index contributed by atoms with van der Waals surface area (Å²) < 4.78 is 69.9. The van der Waals surface area contributed by atoms with Gasteiger partial charge in [-0.3, -0.25) is 9.88 Å². The van der Waals surface area contributed by atoms with Gasteiger partial charge in [-0.25, -0.2) is 4.39 Å². The lowest BCUT2D eigenvalue weighted by atomic mass is 9.88. The minimum absolute atomic E-state index is 0.156. The number of piperidine rings is 1. The molecule has 0 radical (unpaired) electrons. The lowest BCUT2D eigenvalue weighted by molar-refractivity contribution is -0.159. The van der Waals surface area contributed by atoms with Crippen LogP contribution in [0.2, 0.25) is 5.02 Å². The number of nitrogens with zero attached hydrogens (tertiary/aromatic N) is 4. The standard InChI is InChI=1S/C29H25ClF4N4O3/c1-16-12-18(26-36-27(41-37-26)29(32,33)34)14-35-23(16)15-38-10-8-17(9-11-38)20-4-3-5-24-25(20)40-28(2,39-24)21-7-6-19(30)13-22(21)31/h3-7,12-14,17H,8-11,15H2,1-2H3. The maximum atomic E-state index is 14.7. The van der Waals surface area contributed by atoms with Crippen LogP contribution in [0, 0.1) is 12.7 Å². The summed E-state index contributed by atoms with van der Waals surface area (Å²) in [6, 6.07) is 11.9. The Kier molecular flexibility index (Phi) is 6.89. The Morgan fingerprint density at radius 1 is 1.10 bits per heavy atom. The third-order valence-corrected chi connectivity index (χ3v) is 7.78. The number of likely N-dealkylation sites (tertiary alicyclic amines) is 1. The highest BCUT2D eigenvalue weighted by molar-refractivity contribution is 6.30. The lowest BCUT2D eigenvalue weighted by Crippen LogP contribution is -2.34. The SMILES string of the molecule is Cc1cc(-c2noc(C(F)(F)F)n2)cnc1CN1CCC(c2cccc3c2OC(C)(c2ccc(Cl)cc2F)O3)CC1. The first-order valence-corrected chi connectivity index (χ1v) is 13.4. The van der Waals surface area contributed by atoms with Gasteiger partial charge in [0.25, 0.3) is 5.79 Å². The Morgan fingerprint density at radius 3 is 2.56 bits per heavy atom. The Morgan fingerprint density at radius 2 is 1.88 bits per heavy atom. The quantitative estimate of drug-likeness (QED) is 0.227. The molecule has 4 aromatic rings. The number of hydrogen-bond donors (Lipinski definition) is 0. The van der Waals surface area contributed by atoms with Crippen molar-refractivity contribution in [1.29, 1.82) is 0 Å². The minimum atomic E-state index is -4.70. The summed E-state index contributed by atoms with van der Waals surface area (Å²) in [5.41, 5.74) is 3.30. The van der Waals surface area contributed by atoms with Gasteiger partial charge in [0.05, 0.1) is 11.3 Å². The van der Waals surface area contributed by atoms with Crippen LogP contribution in [0.1, 0.15) is 54.0 Å². The number of aryl methyl sites for hydroxylation is 1. The Bertz CT molecular complexity index is 1600. The van der Waals surface area contributed by atoms with Crippen LogP contribution in [0.15, 0.2) is 53.2 Å². The fraction of sp³-hybridized carbons (Fsp3) is 0.345. The number of ether oxygens (including phenoxy) is 2. The predicted octanol–water partition coefficient (Wildman–Crippen LogP) is 7.28. The van der Waals surface area contributed by atoms with E-state index in [1.807, 2.05) is 25.1 Å². The van der Waals surface area contributed by atoms with Crippen LogP contribution in [0.5, 0.6) is 11.5 Å². The summed E-state index contributed by atoms with van der Waals surface area (Å²) >= 11 is 5.93. The number of fused-ring (bicyclic) bond motifs is 1. The summed E-state index contributed by atoms with van der Waals surface area (Å²) in [6.45, 7) is 5.76. The van der Waals surface area contributed by atoms with Crippen LogP contribution in [-0.4, -0.2) is 33.1 Å². The highest BCUT2D eigenvalue weighted by Gasteiger charge is 2.43. The molecule has 0 amide bonds. The molecule has 1 fully saturated rings. The summed E-state index contributed by atoms with van der Waals surface area (Å²) in [6.07, 6.45) is -1.50. The molecule has 0 spiro atoms. The zero-order chi connectivity index (χ0) is 28.9. The van der Waals surface area contributed by atoms with E-state index in [2.05, 4.69) is 24.5 Å². The van der Waals surface area contributed by atoms with Crippen molar-refractivity contribution in [3.63, 3.8) is 0 Å². The summed E-state index contributed by atoms with van der Waals surface area (Å²) in [7, 11) is 0. The normalized spacial score (nSPS) is 19.6. The molecule has 2 aromatic carbocycles. The average Bonchev–Trinajstić information content (AvgIpc) is 3.55. The van der Waals surface area contributed by atoms with Gasteiger partial charge in [-0.2, -0.15) is 18.2 Å². The molecule has 41 heavy (non-hydrogen) atoms. The van der Waals surface area contributed by atoms with Crippen molar-refractivity contribution in [2.75, 3.05) is 13.1 Å². The molecule has 1 atom stereocenters. The van der Waals surface area contributed by atoms with Gasteiger partial charge < -0.3 is 14.0 Å². The van der Waals surface area contributed by atoms with Crippen molar-refractivity contribution in [2.45, 2.75) is 51.1 Å². The molecule has 7 nitrogen and oxygen atoms in total. The van der Waals surface area contributed by atoms with Gasteiger partial charge in [0.1, 0.15) is 5.82 Å². The maximum Gasteiger partial charge on any atom is 0.471 e. The van der Waals surface area contributed by atoms with Crippen molar-refractivity contribution in [3.05, 3.63) is 87.8 Å². The van der Waals surface area contributed by atoms with Crippen LogP contribution in [0.25, 0.3) is 11.4 Å². The van der Waals surface area contributed by atoms with E-state index in [0.29, 0.717) is 28.6 Å². The van der Waals surface area contributed by atoms with E-state index in [4.69, 9.17) is 21.1 Å². The van der Waals surface area contributed by atoms with Crippen LogP contribution < -0.4 is 9.47 Å². The smallest absolute Gasteiger partial charge is 0.444 e. The molecule has 2 aliphatic rings. The number of rotatable bonds is 5. The molecule has 12 heteroatoms. The van der Waals surface area contributed by atoms with E-state index in [0.717, 1.165) is 42.8 Å². The van der Waals surface area contributed by atoms with Gasteiger partial charge >= 0.3 is 12.1 Å². The van der Waals surface area contributed by atoms with E-state index in [1.165, 1.54) is 12.3 Å². The molecular weight excluding hydrogens is 564 g/mol. The number of hydrogen-bond acceptors (Lipinski definition) is 7. The van der Waals surface area contributed by atoms with Gasteiger partial charge in [0.15, 0.2) is 11.5 Å². The van der Waals surface area contributed by atoms with Gasteiger partial charge in [0, 0.05) is 35.8 Å². The lowest BCUT2D eigenvalue weighted by Gasteiger charge is -2.32. The fourth-order valence-corrected chi connectivity index (χ4v) is 5.56. The molecule has 214 valence electrons. The minimum Gasteiger partial charge on any atom is -0.444 e. The van der Waals surface area contributed by atoms with E-state index < -0.39 is 23.7 Å². The number of halogens is 5. The van der Waals surface area contributed by atoms with Gasteiger partial charge in [-0.1, -0.05) is 28.9 Å². The van der Waals surface area contributed by atoms with Gasteiger partial charge in [-0.05, 0) is 74.7 Å². The molecule has 1 unspecified atom stereocenters. The molecule has 4 heterocycles. The second kappa shape index (κ2) is 10.3. The molecule has 0 N–H and O–H groups in total. The van der Waals surface area contributed by atoms with E-state index in [1.54, 1.807) is 25.1 Å². The molecule has 0 saturated carbocycles. The number of alkyl halides is 3. The van der Waals surface area contributed by atoms with Gasteiger partial charge in [-0.15, -0.1) is 0 Å². The first-order chi connectivity index (χ1) is 19.5. The van der Waals surface area contributed by atoms with Crippen LogP contribution in [0.3, 0.4) is 0 Å². The second-order valence-corrected chi connectivity index (χ2v) is 10.8. The third kappa shape index (κ3) is 5.36. The zero-order valence-corrected chi connectivity index (χ0v) is 22.9. The number of aromatic nitrogens is 3. The van der Waals surface area contributed by atoms with Crippen molar-refractivity contribution in [3.8, 4) is 22.9 Å². The molecule has 0 aliphatic carbocycles. The molecule has 2 aromatic heterocycles. The van der Waals surface area contributed by atoms with Crippen LogP contribution in [0.4, 0.5) is 17.6 Å². The molecule has 1 saturated heterocycles. The average molecular weight is 589 g/mol. The van der Waals surface area contributed by atoms with E-state index >= 15 is 0 Å². The molecule has 0 bridgehead atoms. The topological polar surface area (TPSA) is 73.5 Å². The Labute approximate surface area is 238 Å². The van der Waals surface area contributed by atoms with Crippen LogP contribution in [-0.2, 0) is 18.5 Å². The summed E-state index contributed by atoms with van der Waals surface area (Å²) in [4.78, 5) is 10.2. The van der Waals surface area contributed by atoms with Crippen molar-refractivity contribution in [2.24, 2.45) is 0 Å². The van der Waals surface area contributed by atoms with Crippen molar-refractivity contribution < 1.29 is 31.6 Å². The second-order valence-electron chi connectivity index (χ2n) is 10.4. The Hall–Kier alpha value is -3.70. The van der Waals surface area contributed by atoms with Crippen molar-refractivity contribution >= 4 is 11.6 Å². The number of para-hydroxylation sites is 1. The predicted molar refractivity (Wildman–Crippen MR) is 141 cm³/mol. The monoisotopic (exact) mass is 588 g/mol. The molecular formula is C29H25ClF4N4O3. The Balaban J connectivity index is 1.12. The fourth-order valence-electron chi connectivity index (χ4n) is 5.40. The maximum absolute atomic E-state index is 14.7. The summed E-state index contributed by atoms with van der Waals surface area (Å²) in [5.74, 6) is -1.92. The number of pyridine rings is 1. The van der Waals surface area contributed by atoms with E-state index in [-0.39, 0.29) is 17.3 Å². The highest BCUT2D eigenvalue weighted by atomic mass is 35.5. The van der Waals surface area contributed by atoms with Crippen molar-refractivity contribution in [1.82, 2.24) is 20.0 Å². The third-order valence-electron chi connectivity index (χ3n) is 7.55. The number of benzene rings is 2. The summed E-state index contributed by atoms with van der Waals surface area (Å²) in [5, 5.41) is 3.73. The molecule has 2 aliphatic heterocycles. The van der Waals surface area contributed by atoms with Crippen LogP contribution >= 0.6 is 11.6 Å².